The van der Waals surface area contributed by atoms with E-state index in [0.29, 0.717) is 0 Å². The highest BCUT2D eigenvalue weighted by atomic mass is 19.1. The Bertz CT molecular complexity index is 421. The minimum atomic E-state index is -1.03. The third-order valence-electron chi connectivity index (χ3n) is 2.69. The van der Waals surface area contributed by atoms with Crippen LogP contribution in [0.25, 0.3) is 0 Å². The molecule has 0 aliphatic carbocycles. The summed E-state index contributed by atoms with van der Waals surface area (Å²) in [4.78, 5) is 12.3. The summed E-state index contributed by atoms with van der Waals surface area (Å²) >= 11 is 0. The highest BCUT2D eigenvalue weighted by Crippen LogP contribution is 2.20. The topological polar surface area (TPSA) is 40.5 Å². The van der Waals surface area contributed by atoms with Crippen LogP contribution in [0.3, 0.4) is 0 Å². The molecule has 0 saturated heterocycles. The SMILES string of the molecule is CC(C)(C)N(CC(=O)O)Cc1c(F)cccc1F. The van der Waals surface area contributed by atoms with Crippen molar-refractivity contribution in [2.24, 2.45) is 0 Å². The second-order valence-corrected chi connectivity index (χ2v) is 5.12. The first kappa shape index (κ1) is 14.6. The molecule has 0 bridgehead atoms. The van der Waals surface area contributed by atoms with Crippen LogP contribution in [0.1, 0.15) is 26.3 Å². The third-order valence-corrected chi connectivity index (χ3v) is 2.69. The van der Waals surface area contributed by atoms with E-state index >= 15 is 0 Å². The van der Waals surface area contributed by atoms with Crippen LogP contribution in [-0.2, 0) is 11.3 Å². The number of rotatable bonds is 4. The summed E-state index contributed by atoms with van der Waals surface area (Å²) in [5.74, 6) is -2.34. The predicted molar refractivity (Wildman–Crippen MR) is 64.2 cm³/mol. The number of carboxylic acids is 1. The lowest BCUT2D eigenvalue weighted by Crippen LogP contribution is -2.44. The molecule has 1 N–H and O–H groups in total. The molecule has 5 heteroatoms. The van der Waals surface area contributed by atoms with Gasteiger partial charge in [0.05, 0.1) is 6.54 Å². The molecule has 0 atom stereocenters. The number of benzene rings is 1. The molecule has 0 aromatic heterocycles. The summed E-state index contributed by atoms with van der Waals surface area (Å²) in [5.41, 5.74) is -0.596. The Kier molecular flexibility index (Phi) is 4.40. The third kappa shape index (κ3) is 3.77. The molecule has 0 radical (unpaired) electrons. The molecule has 1 aromatic rings. The lowest BCUT2D eigenvalue weighted by atomic mass is 10.0. The first-order chi connectivity index (χ1) is 8.21. The highest BCUT2D eigenvalue weighted by Gasteiger charge is 2.25. The van der Waals surface area contributed by atoms with Gasteiger partial charge in [-0.3, -0.25) is 9.69 Å². The maximum Gasteiger partial charge on any atom is 0.317 e. The molecule has 1 aromatic carbocycles. The zero-order valence-electron chi connectivity index (χ0n) is 10.7. The number of nitrogens with zero attached hydrogens (tertiary/aromatic N) is 1. The van der Waals surface area contributed by atoms with Crippen molar-refractivity contribution < 1.29 is 18.7 Å². The van der Waals surface area contributed by atoms with Gasteiger partial charge in [-0.15, -0.1) is 0 Å². The van der Waals surface area contributed by atoms with Crippen molar-refractivity contribution >= 4 is 5.97 Å². The van der Waals surface area contributed by atoms with E-state index in [1.165, 1.54) is 23.1 Å². The molecule has 100 valence electrons. The second kappa shape index (κ2) is 5.44. The van der Waals surface area contributed by atoms with Gasteiger partial charge in [0.2, 0.25) is 0 Å². The number of hydrogen-bond donors (Lipinski definition) is 1. The molecule has 0 fully saturated rings. The number of carboxylic acid groups (broad SMARTS) is 1. The van der Waals surface area contributed by atoms with Gasteiger partial charge in [-0.05, 0) is 32.9 Å². The molecule has 0 unspecified atom stereocenters. The van der Waals surface area contributed by atoms with E-state index < -0.39 is 23.1 Å². The van der Waals surface area contributed by atoms with Crippen LogP contribution in [0.4, 0.5) is 8.78 Å². The van der Waals surface area contributed by atoms with Gasteiger partial charge in [0.25, 0.3) is 0 Å². The van der Waals surface area contributed by atoms with E-state index in [1.54, 1.807) is 20.8 Å². The van der Waals surface area contributed by atoms with Crippen molar-refractivity contribution in [3.63, 3.8) is 0 Å². The van der Waals surface area contributed by atoms with Crippen molar-refractivity contribution in [3.8, 4) is 0 Å². The fourth-order valence-electron chi connectivity index (χ4n) is 1.57. The van der Waals surface area contributed by atoms with Gasteiger partial charge in [0.1, 0.15) is 11.6 Å². The summed E-state index contributed by atoms with van der Waals surface area (Å²) in [6.45, 7) is 5.06. The number of hydrogen-bond acceptors (Lipinski definition) is 2. The quantitative estimate of drug-likeness (QED) is 0.901. The molecule has 0 amide bonds. The lowest BCUT2D eigenvalue weighted by molar-refractivity contribution is -0.140. The zero-order chi connectivity index (χ0) is 13.9. The number of aliphatic carboxylic acids is 1. The van der Waals surface area contributed by atoms with Gasteiger partial charge >= 0.3 is 5.97 Å². The van der Waals surface area contributed by atoms with E-state index in [4.69, 9.17) is 5.11 Å². The smallest absolute Gasteiger partial charge is 0.317 e. The highest BCUT2D eigenvalue weighted by molar-refractivity contribution is 5.69. The summed E-state index contributed by atoms with van der Waals surface area (Å²) in [6.07, 6.45) is 0. The van der Waals surface area contributed by atoms with Gasteiger partial charge in [-0.1, -0.05) is 6.07 Å². The summed E-state index contributed by atoms with van der Waals surface area (Å²) < 4.78 is 27.0. The Morgan fingerprint density at radius 2 is 1.78 bits per heavy atom. The number of carbonyl (C=O) groups is 1. The normalized spacial score (nSPS) is 11.9. The monoisotopic (exact) mass is 257 g/mol. The lowest BCUT2D eigenvalue weighted by Gasteiger charge is -2.34. The molecular formula is C13H17F2NO2. The first-order valence-electron chi connectivity index (χ1n) is 5.61. The molecule has 0 aliphatic heterocycles. The average molecular weight is 257 g/mol. The van der Waals surface area contributed by atoms with Crippen LogP contribution in [0.5, 0.6) is 0 Å². The predicted octanol–water partition coefficient (Wildman–Crippen LogP) is 2.65. The fraction of sp³-hybridized carbons (Fsp3) is 0.462. The van der Waals surface area contributed by atoms with Gasteiger partial charge < -0.3 is 5.11 Å². The van der Waals surface area contributed by atoms with Crippen LogP contribution < -0.4 is 0 Å². The Labute approximate surface area is 105 Å². The number of halogens is 2. The Morgan fingerprint density at radius 3 is 2.17 bits per heavy atom. The van der Waals surface area contributed by atoms with Crippen molar-refractivity contribution in [2.75, 3.05) is 6.54 Å². The molecule has 3 nitrogen and oxygen atoms in total. The van der Waals surface area contributed by atoms with E-state index in [9.17, 15) is 13.6 Å². The van der Waals surface area contributed by atoms with Crippen LogP contribution in [0.15, 0.2) is 18.2 Å². The minimum Gasteiger partial charge on any atom is -0.480 e. The maximum atomic E-state index is 13.5. The van der Waals surface area contributed by atoms with Crippen LogP contribution in [0.2, 0.25) is 0 Å². The Balaban J connectivity index is 3.00. The summed E-state index contributed by atoms with van der Waals surface area (Å²) in [5, 5.41) is 8.83. The van der Waals surface area contributed by atoms with Crippen molar-refractivity contribution in [1.82, 2.24) is 4.90 Å². The van der Waals surface area contributed by atoms with Gasteiger partial charge in [0, 0.05) is 17.6 Å². The largest absolute Gasteiger partial charge is 0.480 e. The van der Waals surface area contributed by atoms with Crippen molar-refractivity contribution in [3.05, 3.63) is 35.4 Å². The van der Waals surface area contributed by atoms with E-state index in [0.717, 1.165) is 0 Å². The Morgan fingerprint density at radius 1 is 1.28 bits per heavy atom. The molecule has 18 heavy (non-hydrogen) atoms. The summed E-state index contributed by atoms with van der Waals surface area (Å²) in [6, 6.07) is 3.62. The van der Waals surface area contributed by atoms with Gasteiger partial charge in [0.15, 0.2) is 0 Å². The van der Waals surface area contributed by atoms with Crippen molar-refractivity contribution in [2.45, 2.75) is 32.9 Å². The standard InChI is InChI=1S/C13H17F2NO2/c1-13(2,3)16(8-12(17)18)7-9-10(14)5-4-6-11(9)15/h4-6H,7-8H2,1-3H3,(H,17,18). The molecule has 0 saturated carbocycles. The van der Waals surface area contributed by atoms with Crippen LogP contribution in [0, 0.1) is 11.6 Å². The fourth-order valence-corrected chi connectivity index (χ4v) is 1.57. The van der Waals surface area contributed by atoms with E-state index in [-0.39, 0.29) is 18.7 Å². The van der Waals surface area contributed by atoms with E-state index in [2.05, 4.69) is 0 Å². The first-order valence-corrected chi connectivity index (χ1v) is 5.61. The zero-order valence-corrected chi connectivity index (χ0v) is 10.7. The molecule has 0 aliphatic rings. The average Bonchev–Trinajstić information content (AvgIpc) is 2.20. The minimum absolute atomic E-state index is 0.0751. The van der Waals surface area contributed by atoms with Crippen LogP contribution >= 0.6 is 0 Å². The van der Waals surface area contributed by atoms with E-state index in [1.807, 2.05) is 0 Å². The maximum absolute atomic E-state index is 13.5. The van der Waals surface area contributed by atoms with Crippen molar-refractivity contribution in [1.29, 1.82) is 0 Å². The van der Waals surface area contributed by atoms with Gasteiger partial charge in [-0.2, -0.15) is 0 Å². The Hall–Kier alpha value is -1.49. The summed E-state index contributed by atoms with van der Waals surface area (Å²) in [7, 11) is 0. The van der Waals surface area contributed by atoms with Crippen LogP contribution in [-0.4, -0.2) is 28.1 Å². The second-order valence-electron chi connectivity index (χ2n) is 5.12. The molecule has 0 heterocycles. The molecular weight excluding hydrogens is 240 g/mol. The van der Waals surface area contributed by atoms with Gasteiger partial charge in [-0.25, -0.2) is 8.78 Å². The molecule has 1 rings (SSSR count). The molecule has 0 spiro atoms.